The molecule has 1 aromatic heterocycles. The third kappa shape index (κ3) is 2.87. The molecule has 5 atom stereocenters. The lowest BCUT2D eigenvalue weighted by Gasteiger charge is -2.50. The van der Waals surface area contributed by atoms with Crippen molar-refractivity contribution in [3.63, 3.8) is 0 Å². The van der Waals surface area contributed by atoms with Crippen LogP contribution in [0.5, 0.6) is 5.75 Å². The fourth-order valence-electron chi connectivity index (χ4n) is 4.74. The smallest absolute Gasteiger partial charge is 0.320 e. The number of methoxy groups -OCH3 is 1. The minimum atomic E-state index is -0.824. The molecule has 1 unspecified atom stereocenters. The van der Waals surface area contributed by atoms with Crippen LogP contribution in [0.15, 0.2) is 37.1 Å². The van der Waals surface area contributed by atoms with E-state index >= 15 is 0 Å². The molecule has 7 heteroatoms. The van der Waals surface area contributed by atoms with Gasteiger partial charge >= 0.3 is 5.69 Å². The van der Waals surface area contributed by atoms with Crippen molar-refractivity contribution in [2.24, 2.45) is 11.8 Å². The van der Waals surface area contributed by atoms with E-state index in [1.165, 1.54) is 7.11 Å². The molecular weight excluding hydrogens is 346 g/mol. The Labute approximate surface area is 157 Å². The van der Waals surface area contributed by atoms with E-state index in [-0.39, 0.29) is 17.5 Å². The van der Waals surface area contributed by atoms with Crippen LogP contribution in [0.4, 0.5) is 5.69 Å². The first-order valence-corrected chi connectivity index (χ1v) is 9.19. The molecule has 27 heavy (non-hydrogen) atoms. The van der Waals surface area contributed by atoms with Gasteiger partial charge in [0.1, 0.15) is 0 Å². The van der Waals surface area contributed by atoms with Crippen LogP contribution in [0, 0.1) is 22.0 Å². The first kappa shape index (κ1) is 17.9. The largest absolute Gasteiger partial charge is 0.490 e. The van der Waals surface area contributed by atoms with Gasteiger partial charge in [0, 0.05) is 24.3 Å². The Bertz CT molecular complexity index is 900. The van der Waals surface area contributed by atoms with Gasteiger partial charge in [-0.05, 0) is 49.4 Å². The van der Waals surface area contributed by atoms with E-state index in [0.717, 1.165) is 25.9 Å². The van der Waals surface area contributed by atoms with Gasteiger partial charge in [-0.15, -0.1) is 6.58 Å². The highest BCUT2D eigenvalue weighted by molar-refractivity contribution is 5.94. The molecule has 5 rings (SSSR count). The topological polar surface area (TPSA) is 88.7 Å². The number of piperidine rings is 3. The summed E-state index contributed by atoms with van der Waals surface area (Å²) < 4.78 is 5.20. The van der Waals surface area contributed by atoms with Crippen molar-refractivity contribution >= 4 is 16.6 Å². The molecule has 0 radical (unpaired) electrons. The third-order valence-corrected chi connectivity index (χ3v) is 6.11. The van der Waals surface area contributed by atoms with Crippen LogP contribution < -0.4 is 4.74 Å². The van der Waals surface area contributed by atoms with Gasteiger partial charge in [-0.3, -0.25) is 20.0 Å². The minimum absolute atomic E-state index is 0.0589. The van der Waals surface area contributed by atoms with Crippen molar-refractivity contribution in [3.05, 3.63) is 52.7 Å². The van der Waals surface area contributed by atoms with Gasteiger partial charge in [-0.25, -0.2) is 0 Å². The first-order chi connectivity index (χ1) is 13.0. The summed E-state index contributed by atoms with van der Waals surface area (Å²) in [5.41, 5.74) is 0.884. The van der Waals surface area contributed by atoms with Gasteiger partial charge in [-0.1, -0.05) is 6.08 Å². The van der Waals surface area contributed by atoms with Crippen LogP contribution in [-0.2, 0) is 0 Å². The molecule has 142 valence electrons. The maximum atomic E-state index is 11.7. The molecular formula is C20H23N3O4. The molecule has 4 heterocycles. The average molecular weight is 369 g/mol. The average Bonchev–Trinajstić information content (AvgIpc) is 2.71. The Morgan fingerprint density at radius 2 is 2.30 bits per heavy atom. The summed E-state index contributed by atoms with van der Waals surface area (Å²) in [5, 5.41) is 23.3. The lowest BCUT2D eigenvalue weighted by Crippen LogP contribution is -2.54. The van der Waals surface area contributed by atoms with E-state index in [0.29, 0.717) is 28.3 Å². The highest BCUT2D eigenvalue weighted by Gasteiger charge is 2.42. The molecule has 0 spiro atoms. The molecule has 3 aliphatic heterocycles. The van der Waals surface area contributed by atoms with Crippen LogP contribution in [0.3, 0.4) is 0 Å². The number of nitrogens with zero attached hydrogens (tertiary/aromatic N) is 3. The summed E-state index contributed by atoms with van der Waals surface area (Å²) in [5.74, 6) is 1.13. The first-order valence-electron chi connectivity index (χ1n) is 9.19. The monoisotopic (exact) mass is 369 g/mol. The van der Waals surface area contributed by atoms with E-state index in [4.69, 9.17) is 4.74 Å². The van der Waals surface area contributed by atoms with Crippen molar-refractivity contribution < 1.29 is 14.8 Å². The number of nitro groups is 1. The number of aromatic nitrogens is 1. The number of aliphatic hydroxyl groups is 1. The number of rotatable bonds is 5. The van der Waals surface area contributed by atoms with Gasteiger partial charge in [0.15, 0.2) is 5.75 Å². The quantitative estimate of drug-likeness (QED) is 0.495. The summed E-state index contributed by atoms with van der Waals surface area (Å²) in [6.45, 7) is 5.75. The molecule has 1 N–H and O–H groups in total. The number of hydrogen-bond donors (Lipinski definition) is 1. The molecule has 3 saturated heterocycles. The van der Waals surface area contributed by atoms with E-state index in [1.54, 1.807) is 24.4 Å². The maximum Gasteiger partial charge on any atom is 0.320 e. The second-order valence-corrected chi connectivity index (χ2v) is 7.36. The van der Waals surface area contributed by atoms with E-state index in [9.17, 15) is 15.2 Å². The Kier molecular flexibility index (Phi) is 4.57. The summed E-state index contributed by atoms with van der Waals surface area (Å²) in [6.07, 6.45) is 4.75. The van der Waals surface area contributed by atoms with Crippen molar-refractivity contribution in [2.45, 2.75) is 25.0 Å². The number of hydrogen-bond acceptors (Lipinski definition) is 6. The van der Waals surface area contributed by atoms with Gasteiger partial charge in [-0.2, -0.15) is 0 Å². The molecule has 3 fully saturated rings. The van der Waals surface area contributed by atoms with E-state index in [1.807, 2.05) is 6.08 Å². The number of pyridine rings is 1. The zero-order valence-corrected chi connectivity index (χ0v) is 15.2. The maximum absolute atomic E-state index is 11.7. The van der Waals surface area contributed by atoms with Crippen molar-refractivity contribution in [1.82, 2.24) is 9.88 Å². The molecule has 7 nitrogen and oxygen atoms in total. The standard InChI is InChI=1S/C20H23N3O4/c1-3-12-11-22-9-7-13(12)10-16(22)20(24)14-6-8-21-15-4-5-17(27-2)19(18(14)15)23(25)26/h3-6,8,12-13,16,20,24H,1,7,9-11H2,2H3/t12-,13+,16-,20+/m1/s1. The van der Waals surface area contributed by atoms with Crippen LogP contribution in [0.1, 0.15) is 24.5 Å². The molecule has 3 aliphatic rings. The second-order valence-electron chi connectivity index (χ2n) is 7.36. The molecule has 2 bridgehead atoms. The second kappa shape index (κ2) is 6.90. The van der Waals surface area contributed by atoms with Gasteiger partial charge < -0.3 is 9.84 Å². The van der Waals surface area contributed by atoms with E-state index in [2.05, 4.69) is 16.5 Å². The van der Waals surface area contributed by atoms with Crippen molar-refractivity contribution in [1.29, 1.82) is 0 Å². The fourth-order valence-corrected chi connectivity index (χ4v) is 4.74. The number of ether oxygens (including phenoxy) is 1. The van der Waals surface area contributed by atoms with Gasteiger partial charge in [0.2, 0.25) is 0 Å². The number of nitro benzene ring substituents is 1. The van der Waals surface area contributed by atoms with Crippen LogP contribution >= 0.6 is 0 Å². The molecule has 2 aromatic rings. The van der Waals surface area contributed by atoms with Crippen molar-refractivity contribution in [3.8, 4) is 5.75 Å². The lowest BCUT2D eigenvalue weighted by atomic mass is 9.73. The Hall–Kier alpha value is -2.51. The number of fused-ring (bicyclic) bond motifs is 4. The SMILES string of the molecule is C=C[C@@H]1CN2CC[C@H]1C[C@@H]2[C@@H](O)c1ccnc2ccc(OC)c([N+](=O)[O-])c12. The Balaban J connectivity index is 1.80. The predicted octanol–water partition coefficient (Wildman–Crippen LogP) is 3.08. The number of benzene rings is 1. The van der Waals surface area contributed by atoms with Crippen LogP contribution in [0.2, 0.25) is 0 Å². The molecule has 0 amide bonds. The highest BCUT2D eigenvalue weighted by atomic mass is 16.6. The van der Waals surface area contributed by atoms with E-state index < -0.39 is 11.0 Å². The molecule has 0 aliphatic carbocycles. The summed E-state index contributed by atoms with van der Waals surface area (Å²) in [7, 11) is 1.40. The summed E-state index contributed by atoms with van der Waals surface area (Å²) in [6, 6.07) is 4.87. The highest BCUT2D eigenvalue weighted by Crippen LogP contribution is 2.44. The van der Waals surface area contributed by atoms with Crippen LogP contribution in [-0.4, -0.2) is 46.2 Å². The fraction of sp³-hybridized carbons (Fsp3) is 0.450. The lowest BCUT2D eigenvalue weighted by molar-refractivity contribution is -0.384. The zero-order chi connectivity index (χ0) is 19.1. The third-order valence-electron chi connectivity index (χ3n) is 6.11. The van der Waals surface area contributed by atoms with Gasteiger partial charge in [0.25, 0.3) is 0 Å². The Morgan fingerprint density at radius 3 is 2.93 bits per heavy atom. The summed E-state index contributed by atoms with van der Waals surface area (Å²) in [4.78, 5) is 17.8. The Morgan fingerprint density at radius 1 is 1.48 bits per heavy atom. The molecule has 1 aromatic carbocycles. The normalized spacial score (nSPS) is 28.1. The number of aliphatic hydroxyl groups excluding tert-OH is 1. The molecule has 0 saturated carbocycles. The van der Waals surface area contributed by atoms with Crippen molar-refractivity contribution in [2.75, 3.05) is 20.2 Å². The van der Waals surface area contributed by atoms with Gasteiger partial charge in [0.05, 0.1) is 29.0 Å². The zero-order valence-electron chi connectivity index (χ0n) is 15.2. The van der Waals surface area contributed by atoms with Crippen LogP contribution in [0.25, 0.3) is 10.9 Å². The predicted molar refractivity (Wildman–Crippen MR) is 102 cm³/mol. The summed E-state index contributed by atoms with van der Waals surface area (Å²) >= 11 is 0. The minimum Gasteiger partial charge on any atom is -0.490 e.